The highest BCUT2D eigenvalue weighted by atomic mass is 32.2. The predicted molar refractivity (Wildman–Crippen MR) is 171 cm³/mol. The molecule has 3 aromatic carbocycles. The van der Waals surface area contributed by atoms with Gasteiger partial charge in [0.05, 0.1) is 22.6 Å². The molecule has 0 bridgehead atoms. The number of amides is 3. The molecule has 5 aromatic rings. The van der Waals surface area contributed by atoms with Crippen LogP contribution in [0.5, 0.6) is 5.75 Å². The van der Waals surface area contributed by atoms with Gasteiger partial charge >= 0.3 is 0 Å². The third-order valence-corrected chi connectivity index (χ3v) is 8.19. The molecular weight excluding hydrogens is 583 g/mol. The molecule has 0 aliphatic heterocycles. The first-order chi connectivity index (χ1) is 20.9. The van der Waals surface area contributed by atoms with Crippen molar-refractivity contribution in [3.8, 4) is 5.75 Å². The molecule has 0 spiro atoms. The molecule has 1 unspecified atom stereocenters. The summed E-state index contributed by atoms with van der Waals surface area (Å²) in [6.07, 6.45) is 4.79. The lowest BCUT2D eigenvalue weighted by atomic mass is 10.2. The number of carbonyl (C=O) groups excluding carboxylic acids is 3. The van der Waals surface area contributed by atoms with E-state index in [1.807, 2.05) is 43.3 Å². The maximum atomic E-state index is 13.2. The SMILES string of the molecule is COc1ccc2nc(NC(=O)C(C)Sc3ccc(NC(=O)/C(=C/c4cccnc4)NC(=O)c4ccccc4)cc3)sc2c1. The number of anilines is 2. The summed E-state index contributed by atoms with van der Waals surface area (Å²) in [6.45, 7) is 1.82. The van der Waals surface area contributed by atoms with E-state index >= 15 is 0 Å². The van der Waals surface area contributed by atoms with Crippen molar-refractivity contribution in [1.82, 2.24) is 15.3 Å². The van der Waals surface area contributed by atoms with Gasteiger partial charge in [0.2, 0.25) is 5.91 Å². The minimum Gasteiger partial charge on any atom is -0.497 e. The Bertz CT molecular complexity index is 1770. The van der Waals surface area contributed by atoms with Crippen LogP contribution in [0, 0.1) is 0 Å². The Morgan fingerprint density at radius 1 is 0.953 bits per heavy atom. The minimum absolute atomic E-state index is 0.0684. The molecule has 43 heavy (non-hydrogen) atoms. The first-order valence-electron chi connectivity index (χ1n) is 13.2. The lowest BCUT2D eigenvalue weighted by Gasteiger charge is -2.13. The average molecular weight is 610 g/mol. The number of hydrogen-bond acceptors (Lipinski definition) is 8. The van der Waals surface area contributed by atoms with Gasteiger partial charge in [-0.1, -0.05) is 35.6 Å². The normalized spacial score (nSPS) is 11.9. The van der Waals surface area contributed by atoms with E-state index in [9.17, 15) is 14.4 Å². The second-order valence-electron chi connectivity index (χ2n) is 9.25. The second-order valence-corrected chi connectivity index (χ2v) is 11.7. The van der Waals surface area contributed by atoms with Crippen LogP contribution in [0.4, 0.5) is 10.8 Å². The Morgan fingerprint density at radius 3 is 2.47 bits per heavy atom. The van der Waals surface area contributed by atoms with Crippen LogP contribution in [0.1, 0.15) is 22.8 Å². The van der Waals surface area contributed by atoms with Crippen LogP contribution in [-0.4, -0.2) is 40.0 Å². The number of nitrogens with zero attached hydrogens (tertiary/aromatic N) is 2. The van der Waals surface area contributed by atoms with E-state index in [1.165, 1.54) is 23.1 Å². The van der Waals surface area contributed by atoms with Crippen molar-refractivity contribution in [2.75, 3.05) is 17.7 Å². The second kappa shape index (κ2) is 13.8. The van der Waals surface area contributed by atoms with Gasteiger partial charge in [-0.25, -0.2) is 4.98 Å². The van der Waals surface area contributed by atoms with Crippen LogP contribution >= 0.6 is 23.1 Å². The molecule has 3 N–H and O–H groups in total. The number of nitrogens with one attached hydrogen (secondary N) is 3. The summed E-state index contributed by atoms with van der Waals surface area (Å²) in [5.74, 6) is -0.340. The van der Waals surface area contributed by atoms with Gasteiger partial charge in [0.1, 0.15) is 11.4 Å². The molecule has 2 aromatic heterocycles. The topological polar surface area (TPSA) is 122 Å². The number of benzene rings is 3. The Morgan fingerprint density at radius 2 is 1.74 bits per heavy atom. The zero-order valence-electron chi connectivity index (χ0n) is 23.2. The quantitative estimate of drug-likeness (QED) is 0.127. The van der Waals surface area contributed by atoms with Crippen LogP contribution in [0.15, 0.2) is 108 Å². The molecule has 1 atom stereocenters. The molecule has 0 fully saturated rings. The number of carbonyl (C=O) groups is 3. The van der Waals surface area contributed by atoms with Crippen molar-refractivity contribution in [2.45, 2.75) is 17.1 Å². The Kier molecular flexibility index (Phi) is 9.45. The number of ether oxygens (including phenoxy) is 1. The average Bonchev–Trinajstić information content (AvgIpc) is 3.43. The predicted octanol–water partition coefficient (Wildman–Crippen LogP) is 6.23. The molecular formula is C32H27N5O4S2. The summed E-state index contributed by atoms with van der Waals surface area (Å²) in [5.41, 5.74) is 2.47. The highest BCUT2D eigenvalue weighted by Crippen LogP contribution is 2.31. The molecule has 0 aliphatic rings. The van der Waals surface area contributed by atoms with E-state index in [0.29, 0.717) is 21.9 Å². The fourth-order valence-corrected chi connectivity index (χ4v) is 5.70. The first kappa shape index (κ1) is 29.5. The van der Waals surface area contributed by atoms with E-state index in [1.54, 1.807) is 74.1 Å². The van der Waals surface area contributed by atoms with E-state index in [4.69, 9.17) is 4.74 Å². The fourth-order valence-electron chi connectivity index (χ4n) is 3.94. The van der Waals surface area contributed by atoms with Crippen LogP contribution in [0.3, 0.4) is 0 Å². The number of rotatable bonds is 10. The number of hydrogen-bond donors (Lipinski definition) is 3. The zero-order chi connectivity index (χ0) is 30.2. The Hall–Kier alpha value is -5.00. The molecule has 11 heteroatoms. The van der Waals surface area contributed by atoms with Crippen molar-refractivity contribution in [3.05, 3.63) is 114 Å². The molecule has 216 valence electrons. The van der Waals surface area contributed by atoms with Crippen molar-refractivity contribution in [1.29, 1.82) is 0 Å². The minimum atomic E-state index is -0.491. The molecule has 9 nitrogen and oxygen atoms in total. The zero-order valence-corrected chi connectivity index (χ0v) is 24.9. The molecule has 0 radical (unpaired) electrons. The standard InChI is InChI=1S/C32H27N5O4S2/c1-20(29(38)37-32-36-26-15-12-24(41-2)18-28(26)43-32)42-25-13-10-23(11-14-25)34-31(40)27(17-21-7-6-16-33-19-21)35-30(39)22-8-4-3-5-9-22/h3-20H,1-2H3,(H,34,40)(H,35,39)(H,36,37,38)/b27-17-. The van der Waals surface area contributed by atoms with Gasteiger partial charge in [0.25, 0.3) is 11.8 Å². The lowest BCUT2D eigenvalue weighted by Crippen LogP contribution is -2.30. The summed E-state index contributed by atoms with van der Waals surface area (Å²) in [6, 6.07) is 24.9. The van der Waals surface area contributed by atoms with Crippen molar-refractivity contribution < 1.29 is 19.1 Å². The summed E-state index contributed by atoms with van der Waals surface area (Å²) < 4.78 is 6.18. The molecule has 5 rings (SSSR count). The number of aromatic nitrogens is 2. The summed E-state index contributed by atoms with van der Waals surface area (Å²) in [7, 11) is 1.61. The Balaban J connectivity index is 1.21. The van der Waals surface area contributed by atoms with E-state index in [2.05, 4.69) is 25.9 Å². The molecule has 2 heterocycles. The van der Waals surface area contributed by atoms with Gasteiger partial charge in [-0.15, -0.1) is 11.8 Å². The van der Waals surface area contributed by atoms with E-state index < -0.39 is 17.1 Å². The van der Waals surface area contributed by atoms with E-state index in [0.717, 1.165) is 20.9 Å². The Labute approximate surface area is 256 Å². The van der Waals surface area contributed by atoms with Gasteiger partial charge in [-0.2, -0.15) is 0 Å². The monoisotopic (exact) mass is 609 g/mol. The van der Waals surface area contributed by atoms with Gasteiger partial charge in [-0.05, 0) is 79.2 Å². The highest BCUT2D eigenvalue weighted by Gasteiger charge is 2.18. The summed E-state index contributed by atoms with van der Waals surface area (Å²) >= 11 is 2.77. The fraction of sp³-hybridized carbons (Fsp3) is 0.0938. The van der Waals surface area contributed by atoms with E-state index in [-0.39, 0.29) is 11.6 Å². The smallest absolute Gasteiger partial charge is 0.272 e. The van der Waals surface area contributed by atoms with Gasteiger partial charge in [-0.3, -0.25) is 19.4 Å². The number of thioether (sulfide) groups is 1. The van der Waals surface area contributed by atoms with Crippen LogP contribution < -0.4 is 20.7 Å². The molecule has 0 aliphatic carbocycles. The van der Waals surface area contributed by atoms with Gasteiger partial charge in [0, 0.05) is 28.5 Å². The van der Waals surface area contributed by atoms with Gasteiger partial charge < -0.3 is 20.7 Å². The third kappa shape index (κ3) is 7.85. The maximum absolute atomic E-state index is 13.2. The molecule has 0 saturated carbocycles. The van der Waals surface area contributed by atoms with Crippen molar-refractivity contribution >= 4 is 67.9 Å². The van der Waals surface area contributed by atoms with Crippen LogP contribution in [-0.2, 0) is 9.59 Å². The highest BCUT2D eigenvalue weighted by molar-refractivity contribution is 8.00. The largest absolute Gasteiger partial charge is 0.497 e. The number of methoxy groups -OCH3 is 1. The third-order valence-electron chi connectivity index (χ3n) is 6.14. The summed E-state index contributed by atoms with van der Waals surface area (Å²) in [5, 5.41) is 8.55. The first-order valence-corrected chi connectivity index (χ1v) is 14.9. The van der Waals surface area contributed by atoms with Crippen molar-refractivity contribution in [2.24, 2.45) is 0 Å². The molecule has 0 saturated heterocycles. The van der Waals surface area contributed by atoms with Gasteiger partial charge in [0.15, 0.2) is 5.13 Å². The van der Waals surface area contributed by atoms with Crippen LogP contribution in [0.25, 0.3) is 16.3 Å². The summed E-state index contributed by atoms with van der Waals surface area (Å²) in [4.78, 5) is 48.3. The molecule has 3 amide bonds. The number of thiazole rings is 1. The lowest BCUT2D eigenvalue weighted by molar-refractivity contribution is -0.115. The maximum Gasteiger partial charge on any atom is 0.272 e. The van der Waals surface area contributed by atoms with Crippen molar-refractivity contribution in [3.63, 3.8) is 0 Å². The number of pyridine rings is 1. The number of fused-ring (bicyclic) bond motifs is 1. The van der Waals surface area contributed by atoms with Crippen LogP contribution in [0.2, 0.25) is 0 Å².